The van der Waals surface area contributed by atoms with E-state index in [2.05, 4.69) is 20.9 Å². The Morgan fingerprint density at radius 3 is 2.00 bits per heavy atom. The van der Waals surface area contributed by atoms with Crippen LogP contribution >= 0.6 is 15.9 Å². The molecule has 0 aliphatic heterocycles. The molecule has 0 unspecified atom stereocenters. The molecule has 0 amide bonds. The summed E-state index contributed by atoms with van der Waals surface area (Å²) in [5.74, 6) is 0.675. The lowest BCUT2D eigenvalue weighted by atomic mass is 9.95. The fourth-order valence-corrected chi connectivity index (χ4v) is 2.74. The van der Waals surface area contributed by atoms with E-state index in [1.807, 2.05) is 0 Å². The quantitative estimate of drug-likeness (QED) is 0.515. The number of rotatable bonds is 3. The Morgan fingerprint density at radius 1 is 0.880 bits per heavy atom. The molecular weight excluding hydrogens is 395 g/mol. The standard InChI is InChI=1S/C19H13BrF3NO/c1-25-15-8-4-13(5-9-15)17-11-24-18(19(21,22)23)10-16(17)12-2-6-14(20)7-3-12/h2-11H,1H3. The lowest BCUT2D eigenvalue weighted by Gasteiger charge is -2.14. The second-order valence-corrected chi connectivity index (χ2v) is 6.26. The molecule has 128 valence electrons. The molecule has 0 atom stereocenters. The van der Waals surface area contributed by atoms with Crippen molar-refractivity contribution in [1.82, 2.24) is 4.98 Å². The first-order valence-electron chi connectivity index (χ1n) is 7.36. The molecule has 0 fully saturated rings. The van der Waals surface area contributed by atoms with Crippen LogP contribution in [-0.2, 0) is 6.18 Å². The summed E-state index contributed by atoms with van der Waals surface area (Å²) in [5, 5.41) is 0. The summed E-state index contributed by atoms with van der Waals surface area (Å²) in [6.07, 6.45) is -3.23. The average Bonchev–Trinajstić information content (AvgIpc) is 2.61. The van der Waals surface area contributed by atoms with Crippen molar-refractivity contribution in [2.24, 2.45) is 0 Å². The number of aromatic nitrogens is 1. The normalized spacial score (nSPS) is 11.4. The highest BCUT2D eigenvalue weighted by atomic mass is 79.9. The summed E-state index contributed by atoms with van der Waals surface area (Å²) < 4.78 is 45.3. The molecule has 0 N–H and O–H groups in total. The first kappa shape index (κ1) is 17.5. The molecule has 1 aromatic heterocycles. The Kier molecular flexibility index (Phi) is 4.81. The van der Waals surface area contributed by atoms with Crippen molar-refractivity contribution in [3.8, 4) is 28.0 Å². The number of hydrogen-bond acceptors (Lipinski definition) is 2. The van der Waals surface area contributed by atoms with Crippen LogP contribution in [0.2, 0.25) is 0 Å². The zero-order valence-electron chi connectivity index (χ0n) is 13.1. The highest BCUT2D eigenvalue weighted by molar-refractivity contribution is 9.10. The SMILES string of the molecule is COc1ccc(-c2cnc(C(F)(F)F)cc2-c2ccc(Br)cc2)cc1. The number of benzene rings is 2. The summed E-state index contributed by atoms with van der Waals surface area (Å²) in [6, 6.07) is 15.3. The van der Waals surface area contributed by atoms with Gasteiger partial charge in [-0.25, -0.2) is 0 Å². The van der Waals surface area contributed by atoms with Gasteiger partial charge in [-0.15, -0.1) is 0 Å². The minimum atomic E-state index is -4.50. The molecule has 2 aromatic carbocycles. The molecule has 25 heavy (non-hydrogen) atoms. The average molecular weight is 408 g/mol. The molecule has 0 aliphatic rings. The van der Waals surface area contributed by atoms with Gasteiger partial charge in [0.05, 0.1) is 7.11 Å². The topological polar surface area (TPSA) is 22.1 Å². The summed E-state index contributed by atoms with van der Waals surface area (Å²) in [4.78, 5) is 3.61. The largest absolute Gasteiger partial charge is 0.497 e. The van der Waals surface area contributed by atoms with E-state index >= 15 is 0 Å². The van der Waals surface area contributed by atoms with E-state index in [1.165, 1.54) is 6.20 Å². The Morgan fingerprint density at radius 2 is 1.44 bits per heavy atom. The highest BCUT2D eigenvalue weighted by Crippen LogP contribution is 2.37. The Hall–Kier alpha value is -2.34. The number of alkyl halides is 3. The van der Waals surface area contributed by atoms with Crippen LogP contribution in [-0.4, -0.2) is 12.1 Å². The molecule has 0 saturated carbocycles. The van der Waals surface area contributed by atoms with Gasteiger partial charge in [-0.3, -0.25) is 4.98 Å². The fourth-order valence-electron chi connectivity index (χ4n) is 2.48. The molecule has 0 saturated heterocycles. The van der Waals surface area contributed by atoms with Crippen molar-refractivity contribution in [1.29, 1.82) is 0 Å². The summed E-state index contributed by atoms with van der Waals surface area (Å²) >= 11 is 3.34. The maximum Gasteiger partial charge on any atom is 0.433 e. The van der Waals surface area contributed by atoms with Gasteiger partial charge in [-0.1, -0.05) is 40.2 Å². The van der Waals surface area contributed by atoms with E-state index in [-0.39, 0.29) is 0 Å². The number of methoxy groups -OCH3 is 1. The van der Waals surface area contributed by atoms with E-state index in [1.54, 1.807) is 55.6 Å². The summed E-state index contributed by atoms with van der Waals surface area (Å²) in [6.45, 7) is 0. The van der Waals surface area contributed by atoms with E-state index in [4.69, 9.17) is 4.74 Å². The molecule has 6 heteroatoms. The highest BCUT2D eigenvalue weighted by Gasteiger charge is 2.33. The van der Waals surface area contributed by atoms with Crippen molar-refractivity contribution in [3.63, 3.8) is 0 Å². The van der Waals surface area contributed by atoms with Gasteiger partial charge in [0.15, 0.2) is 0 Å². The van der Waals surface area contributed by atoms with E-state index in [0.29, 0.717) is 22.4 Å². The lowest BCUT2D eigenvalue weighted by Crippen LogP contribution is -2.08. The number of halogens is 4. The molecule has 3 aromatic rings. The van der Waals surface area contributed by atoms with Gasteiger partial charge in [0, 0.05) is 16.2 Å². The molecule has 1 heterocycles. The number of ether oxygens (including phenoxy) is 1. The van der Waals surface area contributed by atoms with Crippen LogP contribution in [0.25, 0.3) is 22.3 Å². The number of nitrogens with zero attached hydrogens (tertiary/aromatic N) is 1. The second-order valence-electron chi connectivity index (χ2n) is 5.35. The third kappa shape index (κ3) is 3.85. The van der Waals surface area contributed by atoms with Crippen LogP contribution in [0.4, 0.5) is 13.2 Å². The van der Waals surface area contributed by atoms with Crippen LogP contribution in [0.3, 0.4) is 0 Å². The Labute approximate surface area is 151 Å². The van der Waals surface area contributed by atoms with E-state index < -0.39 is 11.9 Å². The molecule has 0 radical (unpaired) electrons. The minimum absolute atomic E-state index is 0.472. The van der Waals surface area contributed by atoms with Gasteiger partial charge in [-0.05, 0) is 47.0 Å². The predicted octanol–water partition coefficient (Wildman–Crippen LogP) is 6.21. The lowest BCUT2D eigenvalue weighted by molar-refractivity contribution is -0.141. The summed E-state index contributed by atoms with van der Waals surface area (Å²) in [5.41, 5.74) is 1.63. The van der Waals surface area contributed by atoms with Crippen molar-refractivity contribution in [2.75, 3.05) is 7.11 Å². The van der Waals surface area contributed by atoms with Gasteiger partial charge in [0.25, 0.3) is 0 Å². The molecule has 0 spiro atoms. The first-order chi connectivity index (χ1) is 11.9. The third-order valence-corrected chi connectivity index (χ3v) is 4.28. The van der Waals surface area contributed by atoms with Crippen molar-refractivity contribution < 1.29 is 17.9 Å². The third-order valence-electron chi connectivity index (χ3n) is 3.75. The van der Waals surface area contributed by atoms with Crippen LogP contribution in [0.5, 0.6) is 5.75 Å². The number of pyridine rings is 1. The van der Waals surface area contributed by atoms with Crippen molar-refractivity contribution in [3.05, 3.63) is 71.0 Å². The van der Waals surface area contributed by atoms with Crippen LogP contribution < -0.4 is 4.74 Å². The van der Waals surface area contributed by atoms with Gasteiger partial charge in [0.1, 0.15) is 11.4 Å². The monoisotopic (exact) mass is 407 g/mol. The van der Waals surface area contributed by atoms with Crippen molar-refractivity contribution >= 4 is 15.9 Å². The zero-order chi connectivity index (χ0) is 18.0. The van der Waals surface area contributed by atoms with Crippen molar-refractivity contribution in [2.45, 2.75) is 6.18 Å². The maximum atomic E-state index is 13.1. The first-order valence-corrected chi connectivity index (χ1v) is 8.15. The minimum Gasteiger partial charge on any atom is -0.497 e. The molecule has 0 aliphatic carbocycles. The summed E-state index contributed by atoms with van der Waals surface area (Å²) in [7, 11) is 1.56. The molecular formula is C19H13BrF3NO. The number of hydrogen-bond donors (Lipinski definition) is 0. The predicted molar refractivity (Wildman–Crippen MR) is 94.4 cm³/mol. The van der Waals surface area contributed by atoms with Gasteiger partial charge in [-0.2, -0.15) is 13.2 Å². The maximum absolute atomic E-state index is 13.1. The van der Waals surface area contributed by atoms with Gasteiger partial charge < -0.3 is 4.74 Å². The van der Waals surface area contributed by atoms with Crippen LogP contribution in [0.15, 0.2) is 65.3 Å². The fraction of sp³-hybridized carbons (Fsp3) is 0.105. The van der Waals surface area contributed by atoms with E-state index in [9.17, 15) is 13.2 Å². The Bertz CT molecular complexity index is 875. The smallest absolute Gasteiger partial charge is 0.433 e. The van der Waals surface area contributed by atoms with Crippen LogP contribution in [0.1, 0.15) is 5.69 Å². The van der Waals surface area contributed by atoms with Gasteiger partial charge >= 0.3 is 6.18 Å². The molecule has 3 rings (SSSR count). The second kappa shape index (κ2) is 6.88. The zero-order valence-corrected chi connectivity index (χ0v) is 14.7. The molecule has 2 nitrogen and oxygen atoms in total. The van der Waals surface area contributed by atoms with Crippen LogP contribution in [0, 0.1) is 0 Å². The Balaban J connectivity index is 2.18. The van der Waals surface area contributed by atoms with E-state index in [0.717, 1.165) is 16.1 Å². The molecule has 0 bridgehead atoms. The van der Waals surface area contributed by atoms with Gasteiger partial charge in [0.2, 0.25) is 0 Å².